The summed E-state index contributed by atoms with van der Waals surface area (Å²) in [5.41, 5.74) is 6.44. The van der Waals surface area contributed by atoms with Gasteiger partial charge in [-0.05, 0) is 24.6 Å². The maximum absolute atomic E-state index is 6.08. The van der Waals surface area contributed by atoms with E-state index in [-0.39, 0.29) is 6.10 Å². The molecule has 1 fully saturated rings. The fourth-order valence-corrected chi connectivity index (χ4v) is 4.04. The summed E-state index contributed by atoms with van der Waals surface area (Å²) in [5, 5.41) is 8.84. The van der Waals surface area contributed by atoms with E-state index in [4.69, 9.17) is 9.47 Å². The molecule has 31 heavy (non-hydrogen) atoms. The molecule has 7 heteroatoms. The Bertz CT molecular complexity index is 1190. The molecule has 0 spiro atoms. The minimum absolute atomic E-state index is 0.126. The maximum Gasteiger partial charge on any atom is 0.217 e. The third-order valence-electron chi connectivity index (χ3n) is 5.72. The number of rotatable bonds is 5. The lowest BCUT2D eigenvalue weighted by molar-refractivity contribution is -0.0345. The van der Waals surface area contributed by atoms with E-state index in [0.29, 0.717) is 12.5 Å². The maximum atomic E-state index is 6.08. The number of aryl methyl sites for hydroxylation is 1. The number of nitrogens with zero attached hydrogens (tertiary/aromatic N) is 5. The first-order valence-electron chi connectivity index (χ1n) is 10.4. The van der Waals surface area contributed by atoms with Crippen molar-refractivity contribution < 1.29 is 9.47 Å². The van der Waals surface area contributed by atoms with E-state index in [1.54, 1.807) is 13.3 Å². The third-order valence-corrected chi connectivity index (χ3v) is 5.72. The molecule has 0 unspecified atom stereocenters. The lowest BCUT2D eigenvalue weighted by Crippen LogP contribution is -2.38. The van der Waals surface area contributed by atoms with Crippen LogP contribution >= 0.6 is 0 Å². The Morgan fingerprint density at radius 3 is 2.77 bits per heavy atom. The van der Waals surface area contributed by atoms with E-state index in [9.17, 15) is 0 Å². The number of morpholine rings is 1. The zero-order valence-electron chi connectivity index (χ0n) is 17.7. The topological polar surface area (TPSA) is 64.8 Å². The number of benzene rings is 1. The molecule has 0 bridgehead atoms. The van der Waals surface area contributed by atoms with Gasteiger partial charge in [-0.25, -0.2) is 9.50 Å². The minimum Gasteiger partial charge on any atom is -0.481 e. The van der Waals surface area contributed by atoms with Gasteiger partial charge >= 0.3 is 0 Å². The molecule has 0 aliphatic carbocycles. The third kappa shape index (κ3) is 4.02. The molecular formula is C24H25N5O2. The smallest absolute Gasteiger partial charge is 0.217 e. The van der Waals surface area contributed by atoms with Gasteiger partial charge < -0.3 is 9.47 Å². The number of fused-ring (bicyclic) bond motifs is 1. The Labute approximate surface area is 181 Å². The van der Waals surface area contributed by atoms with Crippen LogP contribution in [0, 0.1) is 6.92 Å². The highest BCUT2D eigenvalue weighted by molar-refractivity contribution is 5.66. The van der Waals surface area contributed by atoms with E-state index in [1.165, 1.54) is 5.56 Å². The van der Waals surface area contributed by atoms with E-state index in [2.05, 4.69) is 69.6 Å². The Kier molecular flexibility index (Phi) is 5.36. The number of hydrogen-bond donors (Lipinski definition) is 0. The van der Waals surface area contributed by atoms with Crippen LogP contribution < -0.4 is 4.74 Å². The molecular weight excluding hydrogens is 390 g/mol. The highest BCUT2D eigenvalue weighted by Crippen LogP contribution is 2.28. The highest BCUT2D eigenvalue weighted by atomic mass is 16.5. The van der Waals surface area contributed by atoms with Crippen molar-refractivity contribution in [1.29, 1.82) is 0 Å². The fourth-order valence-electron chi connectivity index (χ4n) is 4.04. The molecule has 4 aromatic rings. The van der Waals surface area contributed by atoms with Crippen molar-refractivity contribution in [2.45, 2.75) is 19.6 Å². The van der Waals surface area contributed by atoms with Gasteiger partial charge in [0.15, 0.2) is 0 Å². The molecule has 158 valence electrons. The molecule has 3 aromatic heterocycles. The summed E-state index contributed by atoms with van der Waals surface area (Å²) in [5.74, 6) is 0.670. The summed E-state index contributed by atoms with van der Waals surface area (Å²) in [6.07, 6.45) is 3.65. The van der Waals surface area contributed by atoms with Gasteiger partial charge in [0, 0.05) is 43.2 Å². The number of methoxy groups -OCH3 is 1. The number of pyridine rings is 2. The van der Waals surface area contributed by atoms with Crippen LogP contribution in [0.4, 0.5) is 0 Å². The van der Waals surface area contributed by atoms with Gasteiger partial charge in [0.25, 0.3) is 0 Å². The van der Waals surface area contributed by atoms with Crippen LogP contribution in [0.2, 0.25) is 0 Å². The van der Waals surface area contributed by atoms with Crippen LogP contribution in [0.5, 0.6) is 5.88 Å². The molecule has 0 N–H and O–H groups in total. The molecule has 4 heterocycles. The van der Waals surface area contributed by atoms with Crippen LogP contribution in [-0.4, -0.2) is 51.5 Å². The molecule has 0 amide bonds. The predicted molar refractivity (Wildman–Crippen MR) is 118 cm³/mol. The monoisotopic (exact) mass is 415 g/mol. The van der Waals surface area contributed by atoms with Crippen LogP contribution in [-0.2, 0) is 11.3 Å². The minimum atomic E-state index is -0.126. The van der Waals surface area contributed by atoms with Crippen molar-refractivity contribution in [3.8, 4) is 17.0 Å². The molecule has 1 saturated heterocycles. The predicted octanol–water partition coefficient (Wildman–Crippen LogP) is 3.68. The molecule has 1 atom stereocenters. The molecule has 0 saturated carbocycles. The first kappa shape index (κ1) is 19.7. The van der Waals surface area contributed by atoms with Crippen molar-refractivity contribution in [2.75, 3.05) is 26.8 Å². The summed E-state index contributed by atoms with van der Waals surface area (Å²) in [6.45, 7) is 5.09. The van der Waals surface area contributed by atoms with Crippen LogP contribution in [0.25, 0.3) is 16.6 Å². The summed E-state index contributed by atoms with van der Waals surface area (Å²) in [7, 11) is 1.65. The second-order valence-electron chi connectivity index (χ2n) is 7.85. The van der Waals surface area contributed by atoms with Gasteiger partial charge in [-0.15, -0.1) is 5.10 Å². The molecule has 1 aliphatic rings. The fraction of sp³-hybridized carbons (Fsp3) is 0.292. The van der Waals surface area contributed by atoms with Gasteiger partial charge in [0.05, 0.1) is 19.2 Å². The summed E-state index contributed by atoms with van der Waals surface area (Å²) in [6, 6.07) is 16.7. The van der Waals surface area contributed by atoms with Crippen molar-refractivity contribution in [3.05, 3.63) is 77.7 Å². The average Bonchev–Trinajstić information content (AvgIpc) is 3.23. The normalized spacial score (nSPS) is 17.2. The lowest BCUT2D eigenvalue weighted by Gasteiger charge is -2.32. The van der Waals surface area contributed by atoms with Crippen LogP contribution in [0.1, 0.15) is 22.9 Å². The Morgan fingerprint density at radius 1 is 1.10 bits per heavy atom. The lowest BCUT2D eigenvalue weighted by atomic mass is 10.1. The van der Waals surface area contributed by atoms with Crippen molar-refractivity contribution >= 4 is 5.52 Å². The van der Waals surface area contributed by atoms with Crippen molar-refractivity contribution in [3.63, 3.8) is 0 Å². The molecule has 0 radical (unpaired) electrons. The van der Waals surface area contributed by atoms with Crippen molar-refractivity contribution in [2.24, 2.45) is 0 Å². The highest BCUT2D eigenvalue weighted by Gasteiger charge is 2.27. The largest absolute Gasteiger partial charge is 0.481 e. The Morgan fingerprint density at radius 2 is 1.94 bits per heavy atom. The van der Waals surface area contributed by atoms with Crippen LogP contribution in [0.15, 0.2) is 60.9 Å². The number of aromatic nitrogens is 4. The van der Waals surface area contributed by atoms with Gasteiger partial charge in [0.2, 0.25) is 5.88 Å². The number of ether oxygens (including phenoxy) is 2. The SMILES string of the molecule is COc1ncccc1CN1CCO[C@@H](c2nnn3cc(-c4ccc(C)cc4)ccc23)C1. The Hall–Kier alpha value is -3.29. The quantitative estimate of drug-likeness (QED) is 0.495. The second-order valence-corrected chi connectivity index (χ2v) is 7.85. The van der Waals surface area contributed by atoms with Crippen LogP contribution in [0.3, 0.4) is 0 Å². The molecule has 5 rings (SSSR count). The van der Waals surface area contributed by atoms with E-state index < -0.39 is 0 Å². The summed E-state index contributed by atoms with van der Waals surface area (Å²) < 4.78 is 13.3. The van der Waals surface area contributed by atoms with E-state index in [1.807, 2.05) is 16.8 Å². The zero-order valence-corrected chi connectivity index (χ0v) is 17.7. The first-order chi connectivity index (χ1) is 15.2. The summed E-state index contributed by atoms with van der Waals surface area (Å²) in [4.78, 5) is 6.65. The molecule has 7 nitrogen and oxygen atoms in total. The van der Waals surface area contributed by atoms with Gasteiger partial charge in [-0.1, -0.05) is 47.2 Å². The zero-order chi connectivity index (χ0) is 21.2. The van der Waals surface area contributed by atoms with Gasteiger partial charge in [-0.2, -0.15) is 0 Å². The van der Waals surface area contributed by atoms with Gasteiger partial charge in [-0.3, -0.25) is 4.90 Å². The van der Waals surface area contributed by atoms with E-state index in [0.717, 1.165) is 47.5 Å². The summed E-state index contributed by atoms with van der Waals surface area (Å²) >= 11 is 0. The first-order valence-corrected chi connectivity index (χ1v) is 10.4. The average molecular weight is 415 g/mol. The second kappa shape index (κ2) is 8.45. The molecule has 1 aliphatic heterocycles. The molecule has 1 aromatic carbocycles. The number of hydrogen-bond acceptors (Lipinski definition) is 6. The van der Waals surface area contributed by atoms with Gasteiger partial charge in [0.1, 0.15) is 11.8 Å². The Balaban J connectivity index is 1.37. The van der Waals surface area contributed by atoms with Crippen molar-refractivity contribution in [1.82, 2.24) is 24.7 Å². The standard InChI is InChI=1S/C24H25N5O2/c1-17-5-7-18(8-6-17)19-9-10-21-23(26-27-29(21)15-19)22-16-28(12-13-31-22)14-20-4-3-11-25-24(20)30-2/h3-11,15,22H,12-14,16H2,1-2H3/t22-/m1/s1. The van der Waals surface area contributed by atoms with E-state index >= 15 is 0 Å².